The van der Waals surface area contributed by atoms with Gasteiger partial charge < -0.3 is 18.3 Å². The van der Waals surface area contributed by atoms with Crippen LogP contribution in [0.1, 0.15) is 22.3 Å². The van der Waals surface area contributed by atoms with E-state index in [0.717, 1.165) is 22.7 Å². The van der Waals surface area contributed by atoms with Crippen LogP contribution in [0, 0.1) is 0 Å². The van der Waals surface area contributed by atoms with Gasteiger partial charge in [0.2, 0.25) is 6.71 Å². The topological polar surface area (TPSA) is 19.7 Å². The molecule has 0 saturated carbocycles. The van der Waals surface area contributed by atoms with Gasteiger partial charge in [-0.3, -0.25) is 0 Å². The zero-order chi connectivity index (χ0) is 58.8. The summed E-state index contributed by atoms with van der Waals surface area (Å²) in [5.41, 5.74) is 27.3. The zero-order valence-corrected chi connectivity index (χ0v) is 49.0. The highest BCUT2D eigenvalue weighted by atomic mass is 15.1. The first-order valence-electron chi connectivity index (χ1n) is 31.4. The monoisotopic (exact) mass is 1140 g/mol. The van der Waals surface area contributed by atoms with Crippen LogP contribution < -0.4 is 16.4 Å². The Bertz CT molecular complexity index is 5990. The summed E-state index contributed by atoms with van der Waals surface area (Å²) in [5.74, 6) is 0. The van der Waals surface area contributed by atoms with Gasteiger partial charge in [0.15, 0.2) is 0 Å². The number of hydrogen-bond acceptors (Lipinski definition) is 0. The number of para-hydroxylation sites is 6. The van der Waals surface area contributed by atoms with Crippen molar-refractivity contribution in [3.63, 3.8) is 0 Å². The standard InChI is InChI=1S/C85H53BN4/c1-5-23-54(24-6-1)86(55-25-7-2-8-26-55)56-41-50-74-72(51-56)63-45-43-60(90-80-40-22-17-35-67(80)71-49-47-69-65-33-15-20-38-78(65)88(82(69)84(71)90)58-29-11-4-12-30-58)53-76(63)85(74)73-36-18-13-31-61(73)62-44-42-59(52-75(62)85)89-79-39-21-16-34-66(79)70-48-46-68-64-32-14-19-37-77(64)87(81(68)83(70)89)57-27-9-3-10-28-57/h1-53H. The lowest BCUT2D eigenvalue weighted by Crippen LogP contribution is -2.52. The summed E-state index contributed by atoms with van der Waals surface area (Å²) in [6.07, 6.45) is 0. The molecule has 2 aliphatic rings. The fourth-order valence-electron chi connectivity index (χ4n) is 16.7. The van der Waals surface area contributed by atoms with E-state index in [4.69, 9.17) is 0 Å². The van der Waals surface area contributed by atoms with Crippen LogP contribution in [0.4, 0.5) is 0 Å². The summed E-state index contributed by atoms with van der Waals surface area (Å²) < 4.78 is 10.2. The molecular formula is C85H53BN4. The molecule has 4 nitrogen and oxygen atoms in total. The van der Waals surface area contributed by atoms with Crippen LogP contribution in [-0.2, 0) is 5.41 Å². The maximum atomic E-state index is 2.59. The lowest BCUT2D eigenvalue weighted by atomic mass is 9.36. The Morgan fingerprint density at radius 3 is 0.967 bits per heavy atom. The van der Waals surface area contributed by atoms with Gasteiger partial charge in [-0.1, -0.05) is 265 Å². The summed E-state index contributed by atoms with van der Waals surface area (Å²) in [5, 5.41) is 9.83. The quantitative estimate of drug-likeness (QED) is 0.142. The van der Waals surface area contributed by atoms with E-state index < -0.39 is 5.41 Å². The number of fused-ring (bicyclic) bond motifs is 24. The molecule has 4 aromatic heterocycles. The van der Waals surface area contributed by atoms with Crippen molar-refractivity contribution in [2.75, 3.05) is 0 Å². The predicted molar refractivity (Wildman–Crippen MR) is 378 cm³/mol. The van der Waals surface area contributed by atoms with Gasteiger partial charge in [0.25, 0.3) is 0 Å². The van der Waals surface area contributed by atoms with Crippen molar-refractivity contribution in [3.8, 4) is 45.0 Å². The first-order valence-corrected chi connectivity index (χ1v) is 31.4. The largest absolute Gasteiger partial charge is 0.307 e. The third kappa shape index (κ3) is 6.60. The fourth-order valence-corrected chi connectivity index (χ4v) is 16.7. The lowest BCUT2D eigenvalue weighted by molar-refractivity contribution is 0.791. The second-order valence-electron chi connectivity index (χ2n) is 24.6. The van der Waals surface area contributed by atoms with E-state index in [1.807, 2.05) is 0 Å². The van der Waals surface area contributed by atoms with Crippen LogP contribution in [-0.4, -0.2) is 25.0 Å². The Hall–Kier alpha value is -11.7. The van der Waals surface area contributed by atoms with Gasteiger partial charge >= 0.3 is 0 Å². The van der Waals surface area contributed by atoms with E-state index in [2.05, 4.69) is 340 Å². The highest BCUT2D eigenvalue weighted by Gasteiger charge is 2.52. The van der Waals surface area contributed by atoms with E-state index in [1.165, 1.54) is 148 Å². The number of rotatable bonds is 7. The van der Waals surface area contributed by atoms with Crippen molar-refractivity contribution in [3.05, 3.63) is 344 Å². The summed E-state index contributed by atoms with van der Waals surface area (Å²) in [7, 11) is 0. The zero-order valence-electron chi connectivity index (χ0n) is 49.0. The molecule has 14 aromatic carbocycles. The molecule has 0 bridgehead atoms. The molecule has 0 saturated heterocycles. The van der Waals surface area contributed by atoms with Crippen LogP contribution in [0.5, 0.6) is 0 Å². The van der Waals surface area contributed by atoms with Crippen LogP contribution in [0.15, 0.2) is 322 Å². The molecule has 20 rings (SSSR count). The molecular weight excluding hydrogens is 1090 g/mol. The molecule has 1 spiro atoms. The van der Waals surface area contributed by atoms with Crippen molar-refractivity contribution in [2.24, 2.45) is 0 Å². The Labute approximate surface area is 519 Å². The van der Waals surface area contributed by atoms with Crippen molar-refractivity contribution in [1.29, 1.82) is 0 Å². The molecule has 416 valence electrons. The minimum absolute atomic E-state index is 0.0155. The van der Waals surface area contributed by atoms with Gasteiger partial charge in [-0.15, -0.1) is 0 Å². The first-order chi connectivity index (χ1) is 44.7. The molecule has 18 aromatic rings. The average molecular weight is 1140 g/mol. The van der Waals surface area contributed by atoms with Crippen molar-refractivity contribution in [1.82, 2.24) is 18.3 Å². The minimum atomic E-state index is -0.726. The smallest absolute Gasteiger partial charge is 0.241 e. The number of nitrogens with zero attached hydrogens (tertiary/aromatic N) is 4. The van der Waals surface area contributed by atoms with E-state index in [9.17, 15) is 0 Å². The number of benzene rings is 14. The van der Waals surface area contributed by atoms with Gasteiger partial charge in [-0.2, -0.15) is 0 Å². The Morgan fingerprint density at radius 2 is 0.533 bits per heavy atom. The Kier molecular flexibility index (Phi) is 10.3. The summed E-state index contributed by atoms with van der Waals surface area (Å²) in [6, 6.07) is 121. The summed E-state index contributed by atoms with van der Waals surface area (Å²) in [6.45, 7) is 0.0155. The van der Waals surface area contributed by atoms with Crippen LogP contribution in [0.2, 0.25) is 0 Å². The van der Waals surface area contributed by atoms with Crippen molar-refractivity contribution >= 4 is 110 Å². The van der Waals surface area contributed by atoms with E-state index in [-0.39, 0.29) is 6.71 Å². The van der Waals surface area contributed by atoms with Gasteiger partial charge in [0, 0.05) is 65.8 Å². The first kappa shape index (κ1) is 49.5. The Balaban J connectivity index is 0.909. The van der Waals surface area contributed by atoms with E-state index >= 15 is 0 Å². The summed E-state index contributed by atoms with van der Waals surface area (Å²) in [4.78, 5) is 0. The highest BCUT2D eigenvalue weighted by Crippen LogP contribution is 2.63. The molecule has 4 heterocycles. The predicted octanol–water partition coefficient (Wildman–Crippen LogP) is 18.9. The number of hydrogen-bond donors (Lipinski definition) is 0. The molecule has 0 aliphatic heterocycles. The van der Waals surface area contributed by atoms with E-state index in [1.54, 1.807) is 0 Å². The molecule has 2 aliphatic carbocycles. The molecule has 5 heteroatoms. The maximum absolute atomic E-state index is 2.59. The third-order valence-electron chi connectivity index (χ3n) is 20.3. The van der Waals surface area contributed by atoms with Gasteiger partial charge in [-0.25, -0.2) is 0 Å². The van der Waals surface area contributed by atoms with Crippen molar-refractivity contribution in [2.45, 2.75) is 5.41 Å². The third-order valence-corrected chi connectivity index (χ3v) is 20.3. The molecule has 0 amide bonds. The van der Waals surface area contributed by atoms with Crippen LogP contribution in [0.25, 0.3) is 132 Å². The maximum Gasteiger partial charge on any atom is 0.241 e. The Morgan fingerprint density at radius 1 is 0.200 bits per heavy atom. The van der Waals surface area contributed by atoms with Gasteiger partial charge in [-0.05, 0) is 117 Å². The molecule has 0 fully saturated rings. The minimum Gasteiger partial charge on any atom is -0.307 e. The van der Waals surface area contributed by atoms with E-state index in [0.29, 0.717) is 0 Å². The molecule has 0 radical (unpaired) electrons. The lowest BCUT2D eigenvalue weighted by Gasteiger charge is -2.31. The molecule has 1 unspecified atom stereocenters. The molecule has 0 N–H and O–H groups in total. The highest BCUT2D eigenvalue weighted by molar-refractivity contribution is 6.95. The second kappa shape index (κ2) is 18.7. The normalized spacial score (nSPS) is 14.0. The fraction of sp³-hybridized carbons (Fsp3) is 0.0118. The summed E-state index contributed by atoms with van der Waals surface area (Å²) >= 11 is 0. The van der Waals surface area contributed by atoms with Crippen LogP contribution >= 0.6 is 0 Å². The average Bonchev–Trinajstić information content (AvgIpc) is 1.51. The molecule has 90 heavy (non-hydrogen) atoms. The SMILES string of the molecule is c1ccc(B(c2ccccc2)c2ccc3c(c2)-c2ccc(-n4c5ccccc5c5ccc6c7ccccc7n(-c7ccccc7)c6c54)cc2C32c3ccccc3-c3ccc(-n4c5ccccc5c5ccc6c7ccccc7n(-c7ccccc7)c6c54)cc32)cc1. The second-order valence-corrected chi connectivity index (χ2v) is 24.6. The van der Waals surface area contributed by atoms with Crippen molar-refractivity contribution < 1.29 is 0 Å². The van der Waals surface area contributed by atoms with Gasteiger partial charge in [0.1, 0.15) is 0 Å². The van der Waals surface area contributed by atoms with Gasteiger partial charge in [0.05, 0.1) is 49.5 Å². The molecule has 1 atom stereocenters. The number of aromatic nitrogens is 4. The van der Waals surface area contributed by atoms with Crippen LogP contribution in [0.3, 0.4) is 0 Å².